The van der Waals surface area contributed by atoms with Gasteiger partial charge in [0.25, 0.3) is 0 Å². The van der Waals surface area contributed by atoms with E-state index < -0.39 is 0 Å². The van der Waals surface area contributed by atoms with Crippen molar-refractivity contribution in [2.45, 2.75) is 46.3 Å². The standard InChI is InChI=1S/C8H13NS2.C4H8.C2H4/c1-7(11-6-10)4-8(2,3)5-9;1-3-4-2;1-2/h6-7H,4H2,1-3H3;3-4H,1-2H3;1-2H2/b;4-3-;. The molecule has 0 saturated carbocycles. The Hall–Kier alpha value is -0.590. The van der Waals surface area contributed by atoms with Crippen molar-refractivity contribution in [3.05, 3.63) is 25.3 Å². The van der Waals surface area contributed by atoms with Crippen LogP contribution >= 0.6 is 24.0 Å². The van der Waals surface area contributed by atoms with E-state index in [-0.39, 0.29) is 5.41 Å². The van der Waals surface area contributed by atoms with Crippen LogP contribution in [0.2, 0.25) is 0 Å². The van der Waals surface area contributed by atoms with Gasteiger partial charge in [0, 0.05) is 9.95 Å². The van der Waals surface area contributed by atoms with E-state index in [1.807, 2.05) is 39.8 Å². The molecule has 0 aromatic rings. The fourth-order valence-corrected chi connectivity index (χ4v) is 2.18. The van der Waals surface area contributed by atoms with E-state index in [4.69, 9.17) is 17.5 Å². The van der Waals surface area contributed by atoms with E-state index in [0.717, 1.165) is 6.42 Å². The minimum atomic E-state index is -0.218. The summed E-state index contributed by atoms with van der Waals surface area (Å²) >= 11 is 6.32. The molecule has 0 heterocycles. The lowest BCUT2D eigenvalue weighted by molar-refractivity contribution is 0.453. The average Bonchev–Trinajstić information content (AvgIpc) is 2.31. The third-order valence-corrected chi connectivity index (χ3v) is 2.80. The number of hydrogen-bond donors (Lipinski definition) is 0. The van der Waals surface area contributed by atoms with Gasteiger partial charge >= 0.3 is 0 Å². The minimum absolute atomic E-state index is 0.218. The average molecular weight is 271 g/mol. The molecule has 0 radical (unpaired) electrons. The minimum Gasteiger partial charge on any atom is -0.198 e. The monoisotopic (exact) mass is 271 g/mol. The lowest BCUT2D eigenvalue weighted by Crippen LogP contribution is -2.14. The molecule has 0 aliphatic heterocycles. The normalized spacial score (nSPS) is 11.3. The van der Waals surface area contributed by atoms with Crippen LogP contribution in [0.25, 0.3) is 0 Å². The van der Waals surface area contributed by atoms with Gasteiger partial charge in [0.2, 0.25) is 0 Å². The van der Waals surface area contributed by atoms with Gasteiger partial charge in [0.1, 0.15) is 0 Å². The second kappa shape index (κ2) is 15.4. The van der Waals surface area contributed by atoms with Gasteiger partial charge in [-0.2, -0.15) is 5.26 Å². The summed E-state index contributed by atoms with van der Waals surface area (Å²) in [6, 6.07) is 2.27. The first-order chi connectivity index (χ1) is 7.93. The quantitative estimate of drug-likeness (QED) is 0.506. The number of nitrogens with zero attached hydrogens (tertiary/aromatic N) is 1. The van der Waals surface area contributed by atoms with Crippen LogP contribution in [0.3, 0.4) is 0 Å². The van der Waals surface area contributed by atoms with E-state index in [1.54, 1.807) is 16.5 Å². The number of thiocarbonyl (C=S) groups is 1. The number of nitriles is 1. The van der Waals surface area contributed by atoms with Gasteiger partial charge in [-0.05, 0) is 34.1 Å². The van der Waals surface area contributed by atoms with Crippen molar-refractivity contribution in [1.29, 1.82) is 5.26 Å². The molecule has 0 amide bonds. The molecule has 0 rings (SSSR count). The first-order valence-corrected chi connectivity index (χ1v) is 6.92. The second-order valence-electron chi connectivity index (χ2n) is 3.91. The van der Waals surface area contributed by atoms with Crippen molar-refractivity contribution in [2.75, 3.05) is 0 Å². The molecular weight excluding hydrogens is 246 g/mol. The Morgan fingerprint density at radius 3 is 2.00 bits per heavy atom. The van der Waals surface area contributed by atoms with Gasteiger partial charge in [-0.15, -0.1) is 24.9 Å². The molecule has 0 fully saturated rings. The smallest absolute Gasteiger partial charge is 0.0684 e. The maximum atomic E-state index is 8.72. The van der Waals surface area contributed by atoms with Crippen LogP contribution < -0.4 is 0 Å². The summed E-state index contributed by atoms with van der Waals surface area (Å²) < 4.78 is 1.66. The van der Waals surface area contributed by atoms with Crippen molar-refractivity contribution in [3.63, 3.8) is 0 Å². The van der Waals surface area contributed by atoms with Gasteiger partial charge in [-0.1, -0.05) is 31.3 Å². The molecule has 17 heavy (non-hydrogen) atoms. The van der Waals surface area contributed by atoms with Crippen LogP contribution in [0, 0.1) is 16.7 Å². The van der Waals surface area contributed by atoms with Crippen molar-refractivity contribution in [2.24, 2.45) is 5.41 Å². The Labute approximate surface area is 117 Å². The van der Waals surface area contributed by atoms with E-state index in [9.17, 15) is 0 Å². The Balaban J connectivity index is -0.000000275. The number of rotatable bonds is 4. The molecule has 0 N–H and O–H groups in total. The molecular formula is C14H25NS2. The van der Waals surface area contributed by atoms with Crippen LogP contribution in [0.5, 0.6) is 0 Å². The summed E-state index contributed by atoms with van der Waals surface area (Å²) in [5, 5.41) is 9.16. The number of allylic oxidation sites excluding steroid dienone is 2. The van der Waals surface area contributed by atoms with Gasteiger partial charge in [-0.25, -0.2) is 0 Å². The highest BCUT2D eigenvalue weighted by Gasteiger charge is 2.19. The molecule has 0 bridgehead atoms. The first-order valence-electron chi connectivity index (χ1n) is 5.51. The maximum absolute atomic E-state index is 8.72. The lowest BCUT2D eigenvalue weighted by atomic mass is 9.90. The largest absolute Gasteiger partial charge is 0.198 e. The molecule has 1 unspecified atom stereocenters. The van der Waals surface area contributed by atoms with E-state index in [2.05, 4.69) is 26.2 Å². The summed E-state index contributed by atoms with van der Waals surface area (Å²) in [5.41, 5.74) is -0.218. The summed E-state index contributed by atoms with van der Waals surface area (Å²) in [5.74, 6) is 0. The molecule has 1 atom stereocenters. The predicted octanol–water partition coefficient (Wildman–Crippen LogP) is 5.39. The molecule has 1 nitrogen and oxygen atoms in total. The van der Waals surface area contributed by atoms with Crippen molar-refractivity contribution in [3.8, 4) is 6.07 Å². The Bertz CT molecular complexity index is 235. The van der Waals surface area contributed by atoms with E-state index >= 15 is 0 Å². The van der Waals surface area contributed by atoms with Crippen LogP contribution in [0.15, 0.2) is 25.3 Å². The third-order valence-electron chi connectivity index (χ3n) is 1.72. The Morgan fingerprint density at radius 1 is 1.35 bits per heavy atom. The lowest BCUT2D eigenvalue weighted by Gasteiger charge is -2.18. The molecule has 0 spiro atoms. The maximum Gasteiger partial charge on any atom is 0.0684 e. The Kier molecular flexibility index (Phi) is 19.6. The SMILES string of the molecule is C/C=C\C.C=C.CC(CC(C)(C)C#N)SC=S. The topological polar surface area (TPSA) is 23.8 Å². The zero-order valence-electron chi connectivity index (χ0n) is 11.7. The summed E-state index contributed by atoms with van der Waals surface area (Å²) in [6.45, 7) is 16.0. The first kappa shape index (κ1) is 21.7. The summed E-state index contributed by atoms with van der Waals surface area (Å²) in [7, 11) is 0. The van der Waals surface area contributed by atoms with Gasteiger partial charge in [0.05, 0.1) is 11.5 Å². The van der Waals surface area contributed by atoms with E-state index in [1.165, 1.54) is 0 Å². The van der Waals surface area contributed by atoms with Gasteiger partial charge < -0.3 is 0 Å². The molecule has 0 aliphatic carbocycles. The molecule has 0 aromatic carbocycles. The van der Waals surface area contributed by atoms with E-state index in [0.29, 0.717) is 5.25 Å². The zero-order chi connectivity index (χ0) is 14.3. The molecule has 0 saturated heterocycles. The van der Waals surface area contributed by atoms with Gasteiger partial charge in [-0.3, -0.25) is 0 Å². The molecule has 98 valence electrons. The van der Waals surface area contributed by atoms with Gasteiger partial charge in [0.15, 0.2) is 0 Å². The van der Waals surface area contributed by atoms with Crippen LogP contribution in [0.1, 0.15) is 41.0 Å². The summed E-state index contributed by atoms with van der Waals surface area (Å²) in [4.78, 5) is 0. The predicted molar refractivity (Wildman–Crippen MR) is 86.5 cm³/mol. The molecule has 0 aromatic heterocycles. The second-order valence-corrected chi connectivity index (χ2v) is 5.76. The third kappa shape index (κ3) is 21.3. The fourth-order valence-electron chi connectivity index (χ4n) is 0.907. The molecule has 3 heteroatoms. The summed E-state index contributed by atoms with van der Waals surface area (Å²) in [6.07, 6.45) is 4.89. The number of hydrogen-bond acceptors (Lipinski definition) is 3. The van der Waals surface area contributed by atoms with Crippen molar-refractivity contribution < 1.29 is 0 Å². The van der Waals surface area contributed by atoms with Crippen molar-refractivity contribution in [1.82, 2.24) is 0 Å². The fraction of sp³-hybridized carbons (Fsp3) is 0.571. The highest BCUT2D eigenvalue weighted by molar-refractivity contribution is 8.21. The van der Waals surface area contributed by atoms with Crippen molar-refractivity contribution >= 4 is 28.7 Å². The highest BCUT2D eigenvalue weighted by atomic mass is 32.2. The molecule has 0 aliphatic rings. The Morgan fingerprint density at radius 2 is 1.76 bits per heavy atom. The van der Waals surface area contributed by atoms with Crippen LogP contribution in [-0.2, 0) is 0 Å². The van der Waals surface area contributed by atoms with Crippen LogP contribution in [0.4, 0.5) is 0 Å². The van der Waals surface area contributed by atoms with Crippen LogP contribution in [-0.4, -0.2) is 9.95 Å². The zero-order valence-corrected chi connectivity index (χ0v) is 13.3. The highest BCUT2D eigenvalue weighted by Crippen LogP contribution is 2.26. The number of thioether (sulfide) groups is 1.